The monoisotopic (exact) mass is 383 g/mol. The van der Waals surface area contributed by atoms with Crippen LogP contribution in [0.5, 0.6) is 0 Å². The van der Waals surface area contributed by atoms with E-state index < -0.39 is 5.92 Å². The van der Waals surface area contributed by atoms with Crippen LogP contribution in [0.1, 0.15) is 43.7 Å². The second-order valence-corrected chi connectivity index (χ2v) is 8.63. The Kier molecular flexibility index (Phi) is 4.76. The first kappa shape index (κ1) is 19.0. The number of ketones is 1. The third kappa shape index (κ3) is 3.45. The lowest BCUT2D eigenvalue weighted by Crippen LogP contribution is -2.41. The van der Waals surface area contributed by atoms with Crippen LogP contribution in [0.4, 0.5) is 0 Å². The minimum atomic E-state index is -0.396. The normalized spacial score (nSPS) is 21.1. The van der Waals surface area contributed by atoms with Gasteiger partial charge in [-0.3, -0.25) is 4.79 Å². The van der Waals surface area contributed by atoms with Gasteiger partial charge in [0.1, 0.15) is 5.82 Å². The molecule has 0 radical (unpaired) electrons. The second kappa shape index (κ2) is 7.25. The Hall–Kier alpha value is -3.32. The molecule has 0 saturated carbocycles. The van der Waals surface area contributed by atoms with E-state index in [1.54, 1.807) is 0 Å². The van der Waals surface area contributed by atoms with E-state index in [1.165, 1.54) is 0 Å². The summed E-state index contributed by atoms with van der Waals surface area (Å²) in [7, 11) is 0. The van der Waals surface area contributed by atoms with E-state index in [9.17, 15) is 10.1 Å². The first-order valence-electron chi connectivity index (χ1n) is 9.94. The van der Waals surface area contributed by atoms with Crippen LogP contribution >= 0.6 is 0 Å². The van der Waals surface area contributed by atoms with Crippen LogP contribution in [-0.2, 0) is 11.3 Å². The summed E-state index contributed by atoms with van der Waals surface area (Å²) < 4.78 is 0. The molecule has 29 heavy (non-hydrogen) atoms. The number of carbonyl (C=O) groups is 1. The predicted octanol–water partition coefficient (Wildman–Crippen LogP) is 4.62. The summed E-state index contributed by atoms with van der Waals surface area (Å²) in [6.07, 6.45) is 1.23. The van der Waals surface area contributed by atoms with Crippen LogP contribution in [0.2, 0.25) is 0 Å². The Morgan fingerprint density at radius 3 is 2.31 bits per heavy atom. The molecule has 0 spiro atoms. The number of Topliss-reactive ketones (excluding diaryl/α,β-unsaturated/α-hetero) is 1. The van der Waals surface area contributed by atoms with Gasteiger partial charge in [0.15, 0.2) is 5.78 Å². The zero-order chi connectivity index (χ0) is 20.6. The molecule has 1 heterocycles. The summed E-state index contributed by atoms with van der Waals surface area (Å²) in [5, 5.41) is 10.0. The quantitative estimate of drug-likeness (QED) is 0.839. The maximum absolute atomic E-state index is 13.3. The second-order valence-electron chi connectivity index (χ2n) is 8.63. The largest absolute Gasteiger partial charge is 0.384 e. The fourth-order valence-corrected chi connectivity index (χ4v) is 4.50. The number of hydrogen-bond acceptors (Lipinski definition) is 4. The highest BCUT2D eigenvalue weighted by Crippen LogP contribution is 2.49. The Balaban J connectivity index is 1.91. The smallest absolute Gasteiger partial charge is 0.162 e. The van der Waals surface area contributed by atoms with Gasteiger partial charge in [-0.1, -0.05) is 74.5 Å². The van der Waals surface area contributed by atoms with Crippen molar-refractivity contribution in [3.8, 4) is 6.07 Å². The number of nitrogens with two attached hydrogens (primary N) is 1. The Morgan fingerprint density at radius 1 is 1.07 bits per heavy atom. The van der Waals surface area contributed by atoms with E-state index in [4.69, 9.17) is 5.73 Å². The van der Waals surface area contributed by atoms with E-state index in [1.807, 2.05) is 65.6 Å². The maximum atomic E-state index is 13.3. The number of allylic oxidation sites excluding steroid dienone is 3. The summed E-state index contributed by atoms with van der Waals surface area (Å²) in [6.45, 7) is 4.78. The fraction of sp³-hybridized carbons (Fsp3) is 0.280. The van der Waals surface area contributed by atoms with Gasteiger partial charge in [-0.15, -0.1) is 0 Å². The van der Waals surface area contributed by atoms with E-state index in [0.29, 0.717) is 24.4 Å². The van der Waals surface area contributed by atoms with Crippen LogP contribution < -0.4 is 5.73 Å². The Bertz CT molecular complexity index is 1040. The van der Waals surface area contributed by atoms with Gasteiger partial charge in [0, 0.05) is 24.2 Å². The molecule has 0 amide bonds. The van der Waals surface area contributed by atoms with Crippen molar-refractivity contribution in [2.75, 3.05) is 0 Å². The molecule has 2 N–H and O–H groups in total. The van der Waals surface area contributed by atoms with Crippen molar-refractivity contribution in [1.82, 2.24) is 4.90 Å². The van der Waals surface area contributed by atoms with Gasteiger partial charge in [-0.25, -0.2) is 0 Å². The molecule has 146 valence electrons. The molecule has 0 saturated heterocycles. The molecule has 2 aliphatic rings. The third-order valence-electron chi connectivity index (χ3n) is 5.80. The van der Waals surface area contributed by atoms with Crippen molar-refractivity contribution >= 4 is 5.78 Å². The SMILES string of the molecule is CC1(C)CC(=O)C2=C(C1)N(Cc1ccccc1)C(N)=C(C#N)C2c1ccccc1. The molecule has 4 rings (SSSR count). The number of carbonyl (C=O) groups excluding carboxylic acids is 1. The summed E-state index contributed by atoms with van der Waals surface area (Å²) >= 11 is 0. The Morgan fingerprint density at radius 2 is 1.69 bits per heavy atom. The lowest BCUT2D eigenvalue weighted by atomic mass is 9.68. The van der Waals surface area contributed by atoms with Crippen molar-refractivity contribution in [1.29, 1.82) is 5.26 Å². The summed E-state index contributed by atoms with van der Waals surface area (Å²) in [5.74, 6) is 0.171. The Labute approximate surface area is 171 Å². The number of benzene rings is 2. The van der Waals surface area contributed by atoms with Crippen LogP contribution in [0.3, 0.4) is 0 Å². The van der Waals surface area contributed by atoms with Gasteiger partial charge in [-0.05, 0) is 23.0 Å². The van der Waals surface area contributed by atoms with Crippen LogP contribution in [0, 0.1) is 16.7 Å². The maximum Gasteiger partial charge on any atom is 0.162 e. The molecule has 1 unspecified atom stereocenters. The highest BCUT2D eigenvalue weighted by Gasteiger charge is 2.44. The van der Waals surface area contributed by atoms with Crippen molar-refractivity contribution < 1.29 is 4.79 Å². The molecular weight excluding hydrogens is 358 g/mol. The molecule has 0 aromatic heterocycles. The van der Waals surface area contributed by atoms with E-state index in [2.05, 4.69) is 19.9 Å². The van der Waals surface area contributed by atoms with Gasteiger partial charge < -0.3 is 10.6 Å². The highest BCUT2D eigenvalue weighted by molar-refractivity contribution is 6.00. The molecule has 1 aliphatic carbocycles. The van der Waals surface area contributed by atoms with Crippen molar-refractivity contribution in [2.45, 2.75) is 39.2 Å². The zero-order valence-corrected chi connectivity index (χ0v) is 16.9. The number of hydrogen-bond donors (Lipinski definition) is 1. The molecule has 0 fully saturated rings. The van der Waals surface area contributed by atoms with Gasteiger partial charge in [0.05, 0.1) is 17.6 Å². The summed E-state index contributed by atoms with van der Waals surface area (Å²) in [6, 6.07) is 22.1. The first-order chi connectivity index (χ1) is 13.9. The van der Waals surface area contributed by atoms with E-state index in [-0.39, 0.29) is 11.2 Å². The molecular formula is C25H25N3O. The van der Waals surface area contributed by atoms with Crippen molar-refractivity contribution in [3.05, 3.63) is 94.5 Å². The molecule has 4 heteroatoms. The number of nitrogens with zero attached hydrogens (tertiary/aromatic N) is 2. The van der Waals surface area contributed by atoms with Crippen LogP contribution in [0.15, 0.2) is 83.3 Å². The van der Waals surface area contributed by atoms with Gasteiger partial charge in [-0.2, -0.15) is 5.26 Å². The van der Waals surface area contributed by atoms with Crippen molar-refractivity contribution in [3.63, 3.8) is 0 Å². The van der Waals surface area contributed by atoms with Gasteiger partial charge >= 0.3 is 0 Å². The minimum Gasteiger partial charge on any atom is -0.384 e. The average molecular weight is 383 g/mol. The predicted molar refractivity (Wildman–Crippen MR) is 113 cm³/mol. The lowest BCUT2D eigenvalue weighted by Gasteiger charge is -2.44. The number of rotatable bonds is 3. The standard InChI is InChI=1S/C25H25N3O/c1-25(2)13-20-23(21(29)14-25)22(18-11-7-4-8-12-18)19(15-26)24(27)28(20)16-17-9-5-3-6-10-17/h3-12,22H,13-14,16,27H2,1-2H3. The van der Waals surface area contributed by atoms with E-state index >= 15 is 0 Å². The molecule has 1 aliphatic heterocycles. The fourth-order valence-electron chi connectivity index (χ4n) is 4.50. The average Bonchev–Trinajstić information content (AvgIpc) is 2.70. The lowest BCUT2D eigenvalue weighted by molar-refractivity contribution is -0.118. The minimum absolute atomic E-state index is 0.114. The van der Waals surface area contributed by atoms with Crippen molar-refractivity contribution in [2.24, 2.45) is 11.1 Å². The zero-order valence-electron chi connectivity index (χ0n) is 16.9. The first-order valence-corrected chi connectivity index (χ1v) is 9.94. The molecule has 2 aromatic rings. The molecule has 4 nitrogen and oxygen atoms in total. The topological polar surface area (TPSA) is 70.1 Å². The molecule has 1 atom stereocenters. The highest BCUT2D eigenvalue weighted by atomic mass is 16.1. The van der Waals surface area contributed by atoms with Crippen LogP contribution in [-0.4, -0.2) is 10.7 Å². The van der Waals surface area contributed by atoms with Gasteiger partial charge in [0.25, 0.3) is 0 Å². The summed E-state index contributed by atoms with van der Waals surface area (Å²) in [5.41, 5.74) is 10.6. The molecule has 2 aromatic carbocycles. The number of nitriles is 1. The third-order valence-corrected chi connectivity index (χ3v) is 5.80. The summed E-state index contributed by atoms with van der Waals surface area (Å²) in [4.78, 5) is 15.3. The van der Waals surface area contributed by atoms with Crippen LogP contribution in [0.25, 0.3) is 0 Å². The molecule has 0 bridgehead atoms. The van der Waals surface area contributed by atoms with E-state index in [0.717, 1.165) is 28.8 Å². The van der Waals surface area contributed by atoms with Gasteiger partial charge in [0.2, 0.25) is 0 Å².